The van der Waals surface area contributed by atoms with Crippen LogP contribution >= 0.6 is 11.3 Å². The van der Waals surface area contributed by atoms with Gasteiger partial charge in [-0.25, -0.2) is 0 Å². The highest BCUT2D eigenvalue weighted by molar-refractivity contribution is 7.13. The number of aromatic nitrogens is 2. The number of hydrogen-bond donors (Lipinski definition) is 1. The molecule has 5 nitrogen and oxygen atoms in total. The number of carbonyl (C=O) groups is 1. The molecule has 1 aromatic rings. The van der Waals surface area contributed by atoms with Crippen LogP contribution in [0.4, 0.5) is 5.13 Å². The van der Waals surface area contributed by atoms with Crippen molar-refractivity contribution in [2.45, 2.75) is 31.7 Å². The molecule has 1 aromatic heterocycles. The lowest BCUT2D eigenvalue weighted by atomic mass is 10.0. The molecule has 0 saturated carbocycles. The van der Waals surface area contributed by atoms with Crippen molar-refractivity contribution in [1.29, 1.82) is 0 Å². The molecule has 1 unspecified atom stereocenters. The zero-order valence-electron chi connectivity index (χ0n) is 8.30. The van der Waals surface area contributed by atoms with E-state index >= 15 is 0 Å². The number of nitrogens with zero attached hydrogens (tertiary/aromatic N) is 3. The Morgan fingerprint density at radius 3 is 3.20 bits per heavy atom. The van der Waals surface area contributed by atoms with Gasteiger partial charge in [0.15, 0.2) is 0 Å². The first-order valence-corrected chi connectivity index (χ1v) is 5.90. The van der Waals surface area contributed by atoms with Crippen molar-refractivity contribution in [3.8, 4) is 0 Å². The van der Waals surface area contributed by atoms with E-state index in [1.807, 2.05) is 0 Å². The van der Waals surface area contributed by atoms with Crippen molar-refractivity contribution < 1.29 is 9.90 Å². The number of rotatable bonds is 3. The fraction of sp³-hybridized carbons (Fsp3) is 0.667. The molecule has 1 aliphatic rings. The number of carboxylic acids is 1. The van der Waals surface area contributed by atoms with E-state index in [2.05, 4.69) is 15.1 Å². The molecule has 1 atom stereocenters. The molecule has 1 N–H and O–H groups in total. The predicted octanol–water partition coefficient (Wildman–Crippen LogP) is 1.37. The van der Waals surface area contributed by atoms with Gasteiger partial charge in [0.05, 0.1) is 6.42 Å². The predicted molar refractivity (Wildman–Crippen MR) is 57.1 cm³/mol. The summed E-state index contributed by atoms with van der Waals surface area (Å²) in [4.78, 5) is 12.8. The lowest BCUT2D eigenvalue weighted by Gasteiger charge is -2.34. The monoisotopic (exact) mass is 227 g/mol. The summed E-state index contributed by atoms with van der Waals surface area (Å²) in [5.41, 5.74) is 1.68. The van der Waals surface area contributed by atoms with Gasteiger partial charge in [0.2, 0.25) is 5.13 Å². The molecule has 2 heterocycles. The third kappa shape index (κ3) is 2.44. The zero-order chi connectivity index (χ0) is 10.7. The van der Waals surface area contributed by atoms with Gasteiger partial charge in [-0.3, -0.25) is 4.79 Å². The maximum atomic E-state index is 10.7. The Morgan fingerprint density at radius 2 is 2.53 bits per heavy atom. The second-order valence-corrected chi connectivity index (χ2v) is 4.47. The van der Waals surface area contributed by atoms with Gasteiger partial charge in [-0.05, 0) is 19.3 Å². The van der Waals surface area contributed by atoms with Gasteiger partial charge in [-0.1, -0.05) is 11.3 Å². The Kier molecular flexibility index (Phi) is 3.15. The van der Waals surface area contributed by atoms with Crippen LogP contribution in [-0.4, -0.2) is 33.9 Å². The van der Waals surface area contributed by atoms with Crippen molar-refractivity contribution in [1.82, 2.24) is 10.2 Å². The van der Waals surface area contributed by atoms with Gasteiger partial charge in [0.1, 0.15) is 5.51 Å². The van der Waals surface area contributed by atoms with Gasteiger partial charge in [0.25, 0.3) is 0 Å². The maximum absolute atomic E-state index is 10.7. The minimum absolute atomic E-state index is 0.0872. The Balaban J connectivity index is 2.09. The van der Waals surface area contributed by atoms with Crippen LogP contribution in [-0.2, 0) is 4.79 Å². The Hall–Kier alpha value is -1.17. The van der Waals surface area contributed by atoms with Crippen LogP contribution in [0.5, 0.6) is 0 Å². The molecule has 0 aliphatic carbocycles. The van der Waals surface area contributed by atoms with E-state index in [9.17, 15) is 4.79 Å². The number of carboxylic acid groups (broad SMARTS) is 1. The molecule has 1 fully saturated rings. The summed E-state index contributed by atoms with van der Waals surface area (Å²) in [5, 5.41) is 17.5. The third-order valence-electron chi connectivity index (χ3n) is 2.63. The van der Waals surface area contributed by atoms with Crippen LogP contribution in [0.15, 0.2) is 5.51 Å². The summed E-state index contributed by atoms with van der Waals surface area (Å²) in [5.74, 6) is -0.739. The molecule has 0 radical (unpaired) electrons. The molecular formula is C9H13N3O2S. The minimum Gasteiger partial charge on any atom is -0.481 e. The van der Waals surface area contributed by atoms with Gasteiger partial charge >= 0.3 is 5.97 Å². The van der Waals surface area contributed by atoms with Crippen molar-refractivity contribution in [2.24, 2.45) is 0 Å². The highest BCUT2D eigenvalue weighted by atomic mass is 32.1. The summed E-state index contributed by atoms with van der Waals surface area (Å²) in [6.45, 7) is 0.896. The Bertz CT molecular complexity index is 328. The van der Waals surface area contributed by atoms with Gasteiger partial charge in [0, 0.05) is 12.6 Å². The number of anilines is 1. The van der Waals surface area contributed by atoms with Gasteiger partial charge in [-0.2, -0.15) is 0 Å². The lowest BCUT2D eigenvalue weighted by Crippen LogP contribution is -2.40. The first kappa shape index (κ1) is 10.4. The van der Waals surface area contributed by atoms with E-state index in [-0.39, 0.29) is 12.5 Å². The minimum atomic E-state index is -0.739. The lowest BCUT2D eigenvalue weighted by molar-refractivity contribution is -0.137. The molecule has 0 spiro atoms. The summed E-state index contributed by atoms with van der Waals surface area (Å²) < 4.78 is 0. The standard InChI is InChI=1S/C9H13N3O2S/c13-8(14)5-7-3-1-2-4-12(7)9-11-10-6-15-9/h6-7H,1-5H2,(H,13,14). The molecular weight excluding hydrogens is 214 g/mol. The van der Waals surface area contributed by atoms with Crippen molar-refractivity contribution in [3.63, 3.8) is 0 Å². The molecule has 82 valence electrons. The first-order chi connectivity index (χ1) is 7.27. The average molecular weight is 227 g/mol. The summed E-state index contributed by atoms with van der Waals surface area (Å²) >= 11 is 1.47. The van der Waals surface area contributed by atoms with E-state index < -0.39 is 5.97 Å². The number of piperidine rings is 1. The van der Waals surface area contributed by atoms with E-state index in [1.165, 1.54) is 11.3 Å². The van der Waals surface area contributed by atoms with Crippen LogP contribution in [0.3, 0.4) is 0 Å². The summed E-state index contributed by atoms with van der Waals surface area (Å²) in [6, 6.07) is 0.0872. The highest BCUT2D eigenvalue weighted by Crippen LogP contribution is 2.27. The summed E-state index contributed by atoms with van der Waals surface area (Å²) in [7, 11) is 0. The molecule has 6 heteroatoms. The number of hydrogen-bond acceptors (Lipinski definition) is 5. The fourth-order valence-electron chi connectivity index (χ4n) is 1.96. The van der Waals surface area contributed by atoms with Gasteiger partial charge in [-0.15, -0.1) is 10.2 Å². The van der Waals surface area contributed by atoms with E-state index in [1.54, 1.807) is 5.51 Å². The largest absolute Gasteiger partial charge is 0.481 e. The van der Waals surface area contributed by atoms with E-state index in [4.69, 9.17) is 5.11 Å². The number of aliphatic carboxylic acids is 1. The van der Waals surface area contributed by atoms with Crippen molar-refractivity contribution in [2.75, 3.05) is 11.4 Å². The average Bonchev–Trinajstić information content (AvgIpc) is 2.70. The van der Waals surface area contributed by atoms with Crippen LogP contribution in [0.2, 0.25) is 0 Å². The highest BCUT2D eigenvalue weighted by Gasteiger charge is 2.26. The second kappa shape index (κ2) is 4.57. The summed E-state index contributed by atoms with van der Waals surface area (Å²) in [6.07, 6.45) is 3.34. The molecule has 0 amide bonds. The SMILES string of the molecule is O=C(O)CC1CCCCN1c1nncs1. The Morgan fingerprint density at radius 1 is 1.67 bits per heavy atom. The fourth-order valence-corrected chi connectivity index (χ4v) is 2.62. The third-order valence-corrected chi connectivity index (χ3v) is 3.36. The van der Waals surface area contributed by atoms with Gasteiger partial charge < -0.3 is 10.0 Å². The Labute approximate surface area is 91.7 Å². The molecule has 15 heavy (non-hydrogen) atoms. The molecule has 1 saturated heterocycles. The maximum Gasteiger partial charge on any atom is 0.305 e. The topological polar surface area (TPSA) is 66.3 Å². The second-order valence-electron chi connectivity index (χ2n) is 3.66. The van der Waals surface area contributed by atoms with Crippen molar-refractivity contribution >= 4 is 22.4 Å². The normalized spacial score (nSPS) is 21.6. The van der Waals surface area contributed by atoms with Crippen LogP contribution in [0.25, 0.3) is 0 Å². The molecule has 1 aliphatic heterocycles. The van der Waals surface area contributed by atoms with Crippen LogP contribution < -0.4 is 4.90 Å². The quantitative estimate of drug-likeness (QED) is 0.844. The van der Waals surface area contributed by atoms with E-state index in [0.717, 1.165) is 30.9 Å². The van der Waals surface area contributed by atoms with Crippen LogP contribution in [0, 0.1) is 0 Å². The van der Waals surface area contributed by atoms with Crippen LogP contribution in [0.1, 0.15) is 25.7 Å². The van der Waals surface area contributed by atoms with E-state index in [0.29, 0.717) is 0 Å². The molecule has 0 aromatic carbocycles. The smallest absolute Gasteiger partial charge is 0.305 e. The molecule has 0 bridgehead atoms. The van der Waals surface area contributed by atoms with Crippen molar-refractivity contribution in [3.05, 3.63) is 5.51 Å². The zero-order valence-corrected chi connectivity index (χ0v) is 9.11. The first-order valence-electron chi connectivity index (χ1n) is 5.02. The molecule has 2 rings (SSSR count).